The molecular weight excluding hydrogens is 354 g/mol. The van der Waals surface area contributed by atoms with Crippen LogP contribution in [0.15, 0.2) is 42.5 Å². The zero-order valence-electron chi connectivity index (χ0n) is 16.5. The van der Waals surface area contributed by atoms with Gasteiger partial charge in [-0.05, 0) is 67.8 Å². The average molecular weight is 379 g/mol. The third-order valence-electron chi connectivity index (χ3n) is 4.91. The zero-order chi connectivity index (χ0) is 20.3. The van der Waals surface area contributed by atoms with Crippen LogP contribution in [0, 0.1) is 13.8 Å². The number of aryl methyl sites for hydroxylation is 2. The smallest absolute Gasteiger partial charge is 0.307 e. The number of aromatic nitrogens is 1. The fraction of sp³-hybridized carbons (Fsp3) is 0.304. The maximum atomic E-state index is 13.1. The quantitative estimate of drug-likeness (QED) is 0.601. The molecule has 0 atom stereocenters. The maximum absolute atomic E-state index is 13.1. The van der Waals surface area contributed by atoms with E-state index in [9.17, 15) is 14.7 Å². The number of carbonyl (C=O) groups excluding carboxylic acids is 1. The van der Waals surface area contributed by atoms with E-state index in [-0.39, 0.29) is 12.3 Å². The minimum absolute atomic E-state index is 0.0649. The van der Waals surface area contributed by atoms with Crippen molar-refractivity contribution in [2.45, 2.75) is 40.0 Å². The van der Waals surface area contributed by atoms with E-state index in [1.165, 1.54) is 0 Å². The minimum Gasteiger partial charge on any atom is -0.494 e. The van der Waals surface area contributed by atoms with Gasteiger partial charge in [-0.15, -0.1) is 0 Å². The zero-order valence-corrected chi connectivity index (χ0v) is 16.5. The lowest BCUT2D eigenvalue weighted by molar-refractivity contribution is -0.136. The monoisotopic (exact) mass is 379 g/mol. The van der Waals surface area contributed by atoms with E-state index in [0.29, 0.717) is 12.2 Å². The van der Waals surface area contributed by atoms with Crippen molar-refractivity contribution in [1.82, 2.24) is 4.57 Å². The lowest BCUT2D eigenvalue weighted by Crippen LogP contribution is -2.13. The van der Waals surface area contributed by atoms with Crippen LogP contribution in [0.3, 0.4) is 0 Å². The van der Waals surface area contributed by atoms with Gasteiger partial charge in [0.05, 0.1) is 18.5 Å². The second-order valence-corrected chi connectivity index (χ2v) is 7.02. The van der Waals surface area contributed by atoms with Crippen LogP contribution >= 0.6 is 0 Å². The second-order valence-electron chi connectivity index (χ2n) is 7.02. The van der Waals surface area contributed by atoms with Gasteiger partial charge in [0.1, 0.15) is 5.75 Å². The van der Waals surface area contributed by atoms with E-state index < -0.39 is 5.97 Å². The van der Waals surface area contributed by atoms with Crippen LogP contribution in [0.2, 0.25) is 0 Å². The van der Waals surface area contributed by atoms with Gasteiger partial charge in [0, 0.05) is 16.6 Å². The summed E-state index contributed by atoms with van der Waals surface area (Å²) in [5.74, 6) is -0.276. The summed E-state index contributed by atoms with van der Waals surface area (Å²) < 4.78 is 7.30. The molecule has 0 fully saturated rings. The van der Waals surface area contributed by atoms with E-state index in [2.05, 4.69) is 6.92 Å². The standard InChI is InChI=1S/C23H25NO4/c1-4-5-12-28-18-9-7-17(8-10-18)23(27)24-16(3)13-20-19(14-22(25)26)15(2)6-11-21(20)24/h6-11,13H,4-5,12,14H2,1-3H3,(H,25,26). The highest BCUT2D eigenvalue weighted by molar-refractivity contribution is 6.04. The Morgan fingerprint density at radius 3 is 2.43 bits per heavy atom. The molecule has 0 aliphatic heterocycles. The van der Waals surface area contributed by atoms with E-state index in [1.807, 2.05) is 44.2 Å². The van der Waals surface area contributed by atoms with E-state index in [1.54, 1.807) is 16.7 Å². The first-order valence-electron chi connectivity index (χ1n) is 9.52. The van der Waals surface area contributed by atoms with Crippen molar-refractivity contribution in [2.24, 2.45) is 0 Å². The molecule has 5 heteroatoms. The molecule has 0 aliphatic rings. The third kappa shape index (κ3) is 3.93. The molecular formula is C23H25NO4. The van der Waals surface area contributed by atoms with Crippen LogP contribution in [-0.2, 0) is 11.2 Å². The predicted octanol–water partition coefficient (Wildman–Crippen LogP) is 4.75. The van der Waals surface area contributed by atoms with E-state index in [0.717, 1.165) is 46.3 Å². The average Bonchev–Trinajstić information content (AvgIpc) is 3.00. The molecule has 1 heterocycles. The summed E-state index contributed by atoms with van der Waals surface area (Å²) in [7, 11) is 0. The van der Waals surface area contributed by atoms with Crippen LogP contribution in [-0.4, -0.2) is 28.2 Å². The van der Waals surface area contributed by atoms with Gasteiger partial charge in [-0.2, -0.15) is 0 Å². The summed E-state index contributed by atoms with van der Waals surface area (Å²) in [5.41, 5.74) is 3.73. The number of rotatable bonds is 7. The number of ether oxygens (including phenoxy) is 1. The van der Waals surface area contributed by atoms with Crippen LogP contribution in [0.1, 0.15) is 46.9 Å². The number of hydrogen-bond acceptors (Lipinski definition) is 3. The summed E-state index contributed by atoms with van der Waals surface area (Å²) in [6.45, 7) is 6.53. The first-order chi connectivity index (χ1) is 13.4. The molecule has 2 aromatic carbocycles. The Hall–Kier alpha value is -3.08. The topological polar surface area (TPSA) is 68.5 Å². The van der Waals surface area contributed by atoms with Crippen LogP contribution in [0.4, 0.5) is 0 Å². The minimum atomic E-state index is -0.883. The molecule has 0 bridgehead atoms. The number of nitrogens with zero attached hydrogens (tertiary/aromatic N) is 1. The molecule has 0 saturated heterocycles. The Morgan fingerprint density at radius 2 is 1.79 bits per heavy atom. The predicted molar refractivity (Wildman–Crippen MR) is 109 cm³/mol. The number of unbranched alkanes of at least 4 members (excludes halogenated alkanes) is 1. The fourth-order valence-electron chi connectivity index (χ4n) is 3.39. The molecule has 0 radical (unpaired) electrons. The van der Waals surface area contributed by atoms with Crippen molar-refractivity contribution >= 4 is 22.8 Å². The Morgan fingerprint density at radius 1 is 1.07 bits per heavy atom. The molecule has 3 aromatic rings. The molecule has 1 N–H and O–H groups in total. The number of fused-ring (bicyclic) bond motifs is 1. The van der Waals surface area contributed by atoms with Gasteiger partial charge >= 0.3 is 5.97 Å². The number of carboxylic acid groups (broad SMARTS) is 1. The molecule has 0 saturated carbocycles. The number of aliphatic carboxylic acids is 1. The highest BCUT2D eigenvalue weighted by Gasteiger charge is 2.18. The lowest BCUT2D eigenvalue weighted by Gasteiger charge is -2.10. The second kappa shape index (κ2) is 8.30. The van der Waals surface area contributed by atoms with Gasteiger partial charge in [-0.25, -0.2) is 0 Å². The molecule has 0 spiro atoms. The summed E-state index contributed by atoms with van der Waals surface area (Å²) >= 11 is 0. The van der Waals surface area contributed by atoms with Crippen LogP contribution in [0.25, 0.3) is 10.9 Å². The van der Waals surface area contributed by atoms with Crippen molar-refractivity contribution in [3.05, 3.63) is 64.8 Å². The van der Waals surface area contributed by atoms with Gasteiger partial charge < -0.3 is 9.84 Å². The SMILES string of the molecule is CCCCOc1ccc(C(=O)n2c(C)cc3c(CC(=O)O)c(C)ccc32)cc1. The van der Waals surface area contributed by atoms with Crippen LogP contribution in [0.5, 0.6) is 5.75 Å². The normalized spacial score (nSPS) is 11.0. The van der Waals surface area contributed by atoms with Gasteiger partial charge in [0.2, 0.25) is 0 Å². The fourth-order valence-corrected chi connectivity index (χ4v) is 3.39. The Balaban J connectivity index is 1.96. The summed E-state index contributed by atoms with van der Waals surface area (Å²) in [6, 6.07) is 12.8. The molecule has 0 aliphatic carbocycles. The first-order valence-corrected chi connectivity index (χ1v) is 9.52. The van der Waals surface area contributed by atoms with Crippen molar-refractivity contribution in [2.75, 3.05) is 6.61 Å². The Bertz CT molecular complexity index is 1020. The van der Waals surface area contributed by atoms with Gasteiger partial charge in [0.15, 0.2) is 0 Å². The van der Waals surface area contributed by atoms with E-state index in [4.69, 9.17) is 4.74 Å². The molecule has 5 nitrogen and oxygen atoms in total. The van der Waals surface area contributed by atoms with Gasteiger partial charge in [-0.3, -0.25) is 14.2 Å². The summed E-state index contributed by atoms with van der Waals surface area (Å²) in [4.78, 5) is 24.4. The molecule has 0 amide bonds. The summed E-state index contributed by atoms with van der Waals surface area (Å²) in [5, 5.41) is 10.0. The summed E-state index contributed by atoms with van der Waals surface area (Å²) in [6.07, 6.45) is 2.00. The number of hydrogen-bond donors (Lipinski definition) is 1. The molecule has 3 rings (SSSR count). The first kappa shape index (κ1) is 19.7. The highest BCUT2D eigenvalue weighted by Crippen LogP contribution is 2.27. The van der Waals surface area contributed by atoms with Crippen molar-refractivity contribution in [3.8, 4) is 5.75 Å². The third-order valence-corrected chi connectivity index (χ3v) is 4.91. The molecule has 0 unspecified atom stereocenters. The largest absolute Gasteiger partial charge is 0.494 e. The van der Waals surface area contributed by atoms with Crippen molar-refractivity contribution in [3.63, 3.8) is 0 Å². The number of benzene rings is 2. The van der Waals surface area contributed by atoms with Crippen LogP contribution < -0.4 is 4.74 Å². The molecule has 1 aromatic heterocycles. The lowest BCUT2D eigenvalue weighted by atomic mass is 10.0. The molecule has 146 valence electrons. The number of carboxylic acids is 1. The number of carbonyl (C=O) groups is 2. The Labute approximate surface area is 164 Å². The van der Waals surface area contributed by atoms with Crippen molar-refractivity contribution in [1.29, 1.82) is 0 Å². The van der Waals surface area contributed by atoms with E-state index >= 15 is 0 Å². The molecule has 28 heavy (non-hydrogen) atoms. The maximum Gasteiger partial charge on any atom is 0.307 e. The van der Waals surface area contributed by atoms with Gasteiger partial charge in [0.25, 0.3) is 5.91 Å². The highest BCUT2D eigenvalue weighted by atomic mass is 16.5. The van der Waals surface area contributed by atoms with Gasteiger partial charge in [-0.1, -0.05) is 19.4 Å². The van der Waals surface area contributed by atoms with Crippen molar-refractivity contribution < 1.29 is 19.4 Å². The Kier molecular flexibility index (Phi) is 5.83.